The van der Waals surface area contributed by atoms with Crippen molar-refractivity contribution < 1.29 is 4.39 Å². The van der Waals surface area contributed by atoms with Gasteiger partial charge in [0.1, 0.15) is 5.82 Å². The van der Waals surface area contributed by atoms with Crippen molar-refractivity contribution in [3.63, 3.8) is 0 Å². The molecule has 1 nitrogen and oxygen atoms in total. The second-order valence-corrected chi connectivity index (χ2v) is 5.33. The first-order valence-electron chi connectivity index (χ1n) is 6.39. The van der Waals surface area contributed by atoms with Gasteiger partial charge in [0, 0.05) is 11.6 Å². The molecule has 0 aromatic heterocycles. The first-order chi connectivity index (χ1) is 9.17. The van der Waals surface area contributed by atoms with Crippen LogP contribution >= 0.6 is 15.9 Å². The molecule has 0 bridgehead atoms. The molecule has 0 saturated heterocycles. The number of hydrogen-bond donors (Lipinski definition) is 1. The second kappa shape index (κ2) is 6.31. The van der Waals surface area contributed by atoms with Gasteiger partial charge in [-0.3, -0.25) is 0 Å². The van der Waals surface area contributed by atoms with Gasteiger partial charge in [-0.15, -0.1) is 0 Å². The Morgan fingerprint density at radius 2 is 1.84 bits per heavy atom. The molecule has 100 valence electrons. The van der Waals surface area contributed by atoms with Gasteiger partial charge in [-0.2, -0.15) is 0 Å². The number of halogens is 2. The van der Waals surface area contributed by atoms with Crippen molar-refractivity contribution in [1.29, 1.82) is 0 Å². The summed E-state index contributed by atoms with van der Waals surface area (Å²) in [5.41, 5.74) is 2.75. The number of nitrogens with one attached hydrogen (secondary N) is 1. The summed E-state index contributed by atoms with van der Waals surface area (Å²) in [7, 11) is 1.95. The first kappa shape index (κ1) is 14.2. The predicted octanol–water partition coefficient (Wildman–Crippen LogP) is 4.93. The summed E-state index contributed by atoms with van der Waals surface area (Å²) >= 11 is 3.22. The lowest BCUT2D eigenvalue weighted by Gasteiger charge is -2.15. The molecular formula is C16H17BrFN. The lowest BCUT2D eigenvalue weighted by atomic mass is 9.99. The van der Waals surface area contributed by atoms with E-state index in [0.29, 0.717) is 16.1 Å². The van der Waals surface area contributed by atoms with Crippen LogP contribution in [-0.2, 0) is 0 Å². The third-order valence-corrected chi connectivity index (χ3v) is 3.94. The molecule has 1 N–H and O–H groups in total. The highest BCUT2D eigenvalue weighted by molar-refractivity contribution is 9.10. The SMILES string of the molecule is CCC(NC)c1ccc(-c2cccc(Br)c2F)cc1. The van der Waals surface area contributed by atoms with Crippen molar-refractivity contribution in [2.75, 3.05) is 7.05 Å². The van der Waals surface area contributed by atoms with E-state index in [1.807, 2.05) is 25.2 Å². The van der Waals surface area contributed by atoms with Crippen LogP contribution < -0.4 is 5.32 Å². The molecule has 0 fully saturated rings. The second-order valence-electron chi connectivity index (χ2n) is 4.47. The molecule has 0 spiro atoms. The monoisotopic (exact) mass is 321 g/mol. The Morgan fingerprint density at radius 3 is 2.42 bits per heavy atom. The fourth-order valence-electron chi connectivity index (χ4n) is 2.23. The zero-order valence-corrected chi connectivity index (χ0v) is 12.7. The summed E-state index contributed by atoms with van der Waals surface area (Å²) < 4.78 is 14.5. The van der Waals surface area contributed by atoms with Crippen LogP contribution in [0.2, 0.25) is 0 Å². The van der Waals surface area contributed by atoms with E-state index in [4.69, 9.17) is 0 Å². The van der Waals surface area contributed by atoms with Crippen molar-refractivity contribution in [2.45, 2.75) is 19.4 Å². The largest absolute Gasteiger partial charge is 0.313 e. The van der Waals surface area contributed by atoms with Crippen LogP contribution in [0.15, 0.2) is 46.9 Å². The fourth-order valence-corrected chi connectivity index (χ4v) is 2.59. The highest BCUT2D eigenvalue weighted by atomic mass is 79.9. The van der Waals surface area contributed by atoms with Crippen LogP contribution in [0.1, 0.15) is 24.9 Å². The van der Waals surface area contributed by atoms with E-state index >= 15 is 0 Å². The third kappa shape index (κ3) is 3.04. The Labute approximate surface area is 122 Å². The van der Waals surface area contributed by atoms with Gasteiger partial charge in [-0.1, -0.05) is 43.3 Å². The Hall–Kier alpha value is -1.19. The minimum absolute atomic E-state index is 0.212. The molecule has 0 aliphatic rings. The minimum atomic E-state index is -0.212. The van der Waals surface area contributed by atoms with E-state index in [1.54, 1.807) is 12.1 Å². The molecule has 2 aromatic rings. The summed E-state index contributed by atoms with van der Waals surface area (Å²) in [4.78, 5) is 0. The molecule has 0 radical (unpaired) electrons. The maximum Gasteiger partial charge on any atom is 0.145 e. The lowest BCUT2D eigenvalue weighted by Crippen LogP contribution is -2.14. The highest BCUT2D eigenvalue weighted by Gasteiger charge is 2.10. The van der Waals surface area contributed by atoms with Gasteiger partial charge < -0.3 is 5.32 Å². The smallest absolute Gasteiger partial charge is 0.145 e. The van der Waals surface area contributed by atoms with Gasteiger partial charge in [0.05, 0.1) is 4.47 Å². The minimum Gasteiger partial charge on any atom is -0.313 e. The van der Waals surface area contributed by atoms with E-state index < -0.39 is 0 Å². The molecular weight excluding hydrogens is 305 g/mol. The molecule has 2 rings (SSSR count). The van der Waals surface area contributed by atoms with Crippen molar-refractivity contribution >= 4 is 15.9 Å². The van der Waals surface area contributed by atoms with Crippen LogP contribution in [0, 0.1) is 5.82 Å². The van der Waals surface area contributed by atoms with E-state index in [1.165, 1.54) is 5.56 Å². The summed E-state index contributed by atoms with van der Waals surface area (Å²) in [5.74, 6) is -0.212. The maximum atomic E-state index is 14.0. The third-order valence-electron chi connectivity index (χ3n) is 3.33. The molecule has 0 amide bonds. The number of hydrogen-bond acceptors (Lipinski definition) is 1. The number of benzene rings is 2. The quantitative estimate of drug-likeness (QED) is 0.842. The van der Waals surface area contributed by atoms with Gasteiger partial charge in [0.15, 0.2) is 0 Å². The molecule has 19 heavy (non-hydrogen) atoms. The molecule has 1 unspecified atom stereocenters. The zero-order valence-electron chi connectivity index (χ0n) is 11.1. The van der Waals surface area contributed by atoms with Gasteiger partial charge in [-0.25, -0.2) is 4.39 Å². The Balaban J connectivity index is 2.35. The van der Waals surface area contributed by atoms with E-state index in [2.05, 4.69) is 40.3 Å². The van der Waals surface area contributed by atoms with Crippen molar-refractivity contribution in [3.8, 4) is 11.1 Å². The van der Waals surface area contributed by atoms with Gasteiger partial charge in [0.2, 0.25) is 0 Å². The molecule has 0 heterocycles. The molecule has 2 aromatic carbocycles. The van der Waals surface area contributed by atoms with Gasteiger partial charge in [0.25, 0.3) is 0 Å². The van der Waals surface area contributed by atoms with Crippen molar-refractivity contribution in [1.82, 2.24) is 5.32 Å². The van der Waals surface area contributed by atoms with Gasteiger partial charge in [-0.05, 0) is 46.6 Å². The Bertz CT molecular complexity index is 547. The van der Waals surface area contributed by atoms with Crippen LogP contribution in [0.5, 0.6) is 0 Å². The van der Waals surface area contributed by atoms with E-state index in [0.717, 1.165) is 12.0 Å². The fraction of sp³-hybridized carbons (Fsp3) is 0.250. The molecule has 1 atom stereocenters. The lowest BCUT2D eigenvalue weighted by molar-refractivity contribution is 0.577. The Kier molecular flexibility index (Phi) is 4.72. The standard InChI is InChI=1S/C16H17BrFN/c1-3-15(19-2)12-9-7-11(8-10-12)13-5-4-6-14(17)16(13)18/h4-10,15,19H,3H2,1-2H3. The summed E-state index contributed by atoms with van der Waals surface area (Å²) in [6.07, 6.45) is 1.03. The van der Waals surface area contributed by atoms with Gasteiger partial charge >= 0.3 is 0 Å². The topological polar surface area (TPSA) is 12.0 Å². The zero-order chi connectivity index (χ0) is 13.8. The normalized spacial score (nSPS) is 12.4. The van der Waals surface area contributed by atoms with Crippen LogP contribution in [-0.4, -0.2) is 7.05 Å². The number of rotatable bonds is 4. The maximum absolute atomic E-state index is 14.0. The highest BCUT2D eigenvalue weighted by Crippen LogP contribution is 2.29. The molecule has 3 heteroatoms. The average molecular weight is 322 g/mol. The summed E-state index contributed by atoms with van der Waals surface area (Å²) in [5, 5.41) is 3.27. The molecule has 0 aliphatic carbocycles. The van der Waals surface area contributed by atoms with Crippen LogP contribution in [0.25, 0.3) is 11.1 Å². The van der Waals surface area contributed by atoms with E-state index in [-0.39, 0.29) is 5.82 Å². The van der Waals surface area contributed by atoms with E-state index in [9.17, 15) is 4.39 Å². The van der Waals surface area contributed by atoms with Crippen LogP contribution in [0.3, 0.4) is 0 Å². The molecule has 0 saturated carbocycles. The Morgan fingerprint density at radius 1 is 1.16 bits per heavy atom. The summed E-state index contributed by atoms with van der Waals surface area (Å²) in [6.45, 7) is 2.14. The summed E-state index contributed by atoms with van der Waals surface area (Å²) in [6, 6.07) is 13.8. The van der Waals surface area contributed by atoms with Crippen LogP contribution in [0.4, 0.5) is 4.39 Å². The van der Waals surface area contributed by atoms with Crippen molar-refractivity contribution in [3.05, 3.63) is 58.3 Å². The first-order valence-corrected chi connectivity index (χ1v) is 7.18. The molecule has 0 aliphatic heterocycles. The predicted molar refractivity (Wildman–Crippen MR) is 81.6 cm³/mol. The average Bonchev–Trinajstić information content (AvgIpc) is 2.44. The van der Waals surface area contributed by atoms with Crippen molar-refractivity contribution in [2.24, 2.45) is 0 Å².